The Kier molecular flexibility index (Phi) is 1.55. The second-order valence-corrected chi connectivity index (χ2v) is 4.69. The SMILES string of the molecule is CC1NCc2nc(Br)sc21. The van der Waals surface area contributed by atoms with Gasteiger partial charge in [0.15, 0.2) is 3.92 Å². The van der Waals surface area contributed by atoms with Crippen molar-refractivity contribution in [2.45, 2.75) is 19.5 Å². The number of rotatable bonds is 0. The number of halogens is 1. The van der Waals surface area contributed by atoms with E-state index in [9.17, 15) is 0 Å². The lowest BCUT2D eigenvalue weighted by atomic mass is 10.3. The minimum atomic E-state index is 0.499. The van der Waals surface area contributed by atoms with Gasteiger partial charge in [-0.2, -0.15) is 0 Å². The Labute approximate surface area is 71.8 Å². The van der Waals surface area contributed by atoms with Gasteiger partial charge in [-0.15, -0.1) is 11.3 Å². The van der Waals surface area contributed by atoms with Crippen molar-refractivity contribution in [3.63, 3.8) is 0 Å². The highest BCUT2D eigenvalue weighted by Crippen LogP contribution is 2.32. The highest BCUT2D eigenvalue weighted by atomic mass is 79.9. The van der Waals surface area contributed by atoms with Crippen LogP contribution < -0.4 is 5.32 Å². The van der Waals surface area contributed by atoms with Crippen LogP contribution in [-0.4, -0.2) is 4.98 Å². The normalized spacial score (nSPS) is 23.2. The molecule has 0 aliphatic carbocycles. The smallest absolute Gasteiger partial charge is 0.159 e. The second-order valence-electron chi connectivity index (χ2n) is 2.38. The fourth-order valence-electron chi connectivity index (χ4n) is 1.14. The topological polar surface area (TPSA) is 24.9 Å². The van der Waals surface area contributed by atoms with Gasteiger partial charge >= 0.3 is 0 Å². The van der Waals surface area contributed by atoms with Gasteiger partial charge in [0, 0.05) is 17.5 Å². The molecular weight excluding hydrogens is 212 g/mol. The van der Waals surface area contributed by atoms with Crippen molar-refractivity contribution in [2.24, 2.45) is 0 Å². The Morgan fingerprint density at radius 3 is 3.30 bits per heavy atom. The minimum absolute atomic E-state index is 0.499. The highest BCUT2D eigenvalue weighted by molar-refractivity contribution is 9.11. The molecule has 0 saturated carbocycles. The maximum atomic E-state index is 4.31. The molecule has 1 aliphatic heterocycles. The van der Waals surface area contributed by atoms with E-state index in [1.165, 1.54) is 10.6 Å². The highest BCUT2D eigenvalue weighted by Gasteiger charge is 2.21. The van der Waals surface area contributed by atoms with Crippen molar-refractivity contribution in [2.75, 3.05) is 0 Å². The number of nitrogens with one attached hydrogen (secondary N) is 1. The number of fused-ring (bicyclic) bond motifs is 1. The predicted octanol–water partition coefficient (Wildman–Crippen LogP) is 2.07. The molecule has 4 heteroatoms. The van der Waals surface area contributed by atoms with Crippen molar-refractivity contribution >= 4 is 27.3 Å². The van der Waals surface area contributed by atoms with E-state index in [1.54, 1.807) is 11.3 Å². The monoisotopic (exact) mass is 218 g/mol. The first kappa shape index (κ1) is 6.76. The lowest BCUT2D eigenvalue weighted by Gasteiger charge is -1.98. The summed E-state index contributed by atoms with van der Waals surface area (Å²) in [7, 11) is 0. The molecule has 2 heterocycles. The summed E-state index contributed by atoms with van der Waals surface area (Å²) in [6, 6.07) is 0.499. The molecule has 0 bridgehead atoms. The molecule has 1 unspecified atom stereocenters. The van der Waals surface area contributed by atoms with Crippen molar-refractivity contribution < 1.29 is 0 Å². The Morgan fingerprint density at radius 2 is 2.60 bits per heavy atom. The van der Waals surface area contributed by atoms with E-state index >= 15 is 0 Å². The molecule has 1 N–H and O–H groups in total. The maximum absolute atomic E-state index is 4.31. The van der Waals surface area contributed by atoms with Gasteiger partial charge in [-0.1, -0.05) is 0 Å². The van der Waals surface area contributed by atoms with Crippen LogP contribution in [0.1, 0.15) is 23.5 Å². The first-order valence-corrected chi connectivity index (χ1v) is 4.77. The molecule has 0 fully saturated rings. The number of aromatic nitrogens is 1. The molecule has 0 amide bonds. The molecule has 0 aromatic carbocycles. The van der Waals surface area contributed by atoms with Crippen LogP contribution in [-0.2, 0) is 6.54 Å². The molecule has 54 valence electrons. The van der Waals surface area contributed by atoms with E-state index in [0.717, 1.165) is 10.5 Å². The van der Waals surface area contributed by atoms with E-state index in [2.05, 4.69) is 33.2 Å². The van der Waals surface area contributed by atoms with Gasteiger partial charge < -0.3 is 5.32 Å². The molecular formula is C6H7BrN2S. The molecule has 1 atom stereocenters. The third-order valence-electron chi connectivity index (χ3n) is 1.67. The number of thiazole rings is 1. The van der Waals surface area contributed by atoms with Gasteiger partial charge in [0.25, 0.3) is 0 Å². The maximum Gasteiger partial charge on any atom is 0.159 e. The lowest BCUT2D eigenvalue weighted by Crippen LogP contribution is -2.07. The Morgan fingerprint density at radius 1 is 1.80 bits per heavy atom. The Bertz CT molecular complexity index is 258. The summed E-state index contributed by atoms with van der Waals surface area (Å²) in [5.74, 6) is 0. The summed E-state index contributed by atoms with van der Waals surface area (Å²) < 4.78 is 1.01. The van der Waals surface area contributed by atoms with Crippen LogP contribution in [0.2, 0.25) is 0 Å². The number of nitrogens with zero attached hydrogens (tertiary/aromatic N) is 1. The van der Waals surface area contributed by atoms with E-state index in [1.807, 2.05) is 0 Å². The Balaban J connectivity index is 2.49. The fraction of sp³-hybridized carbons (Fsp3) is 0.500. The van der Waals surface area contributed by atoms with E-state index in [4.69, 9.17) is 0 Å². The summed E-state index contributed by atoms with van der Waals surface area (Å²) >= 11 is 5.09. The molecule has 0 spiro atoms. The quantitative estimate of drug-likeness (QED) is 0.722. The molecule has 0 saturated heterocycles. The minimum Gasteiger partial charge on any atom is -0.304 e. The zero-order valence-corrected chi connectivity index (χ0v) is 7.92. The second kappa shape index (κ2) is 2.29. The fourth-order valence-corrected chi connectivity index (χ4v) is 2.71. The zero-order chi connectivity index (χ0) is 7.14. The van der Waals surface area contributed by atoms with Crippen LogP contribution in [0, 0.1) is 0 Å². The van der Waals surface area contributed by atoms with Gasteiger partial charge in [-0.3, -0.25) is 0 Å². The standard InChI is InChI=1S/C6H7BrN2S/c1-3-5-4(2-8-3)9-6(7)10-5/h3,8H,2H2,1H3. The van der Waals surface area contributed by atoms with Gasteiger partial charge in [0.2, 0.25) is 0 Å². The van der Waals surface area contributed by atoms with Crippen LogP contribution in [0.5, 0.6) is 0 Å². The summed E-state index contributed by atoms with van der Waals surface area (Å²) in [6.07, 6.45) is 0. The van der Waals surface area contributed by atoms with Crippen LogP contribution in [0.4, 0.5) is 0 Å². The summed E-state index contributed by atoms with van der Waals surface area (Å²) in [4.78, 5) is 5.70. The van der Waals surface area contributed by atoms with Crippen LogP contribution in [0.3, 0.4) is 0 Å². The van der Waals surface area contributed by atoms with E-state index in [-0.39, 0.29) is 0 Å². The third-order valence-corrected chi connectivity index (χ3v) is 3.40. The number of hydrogen-bond donors (Lipinski definition) is 1. The van der Waals surface area contributed by atoms with Gasteiger partial charge in [-0.25, -0.2) is 4.98 Å². The summed E-state index contributed by atoms with van der Waals surface area (Å²) in [5, 5.41) is 3.32. The predicted molar refractivity (Wildman–Crippen MR) is 45.1 cm³/mol. The molecule has 10 heavy (non-hydrogen) atoms. The molecule has 1 aromatic rings. The first-order chi connectivity index (χ1) is 4.77. The lowest BCUT2D eigenvalue weighted by molar-refractivity contribution is 0.635. The molecule has 1 aromatic heterocycles. The van der Waals surface area contributed by atoms with Crippen molar-refractivity contribution in [1.82, 2.24) is 10.3 Å². The molecule has 2 nitrogen and oxygen atoms in total. The Hall–Kier alpha value is 0.0700. The molecule has 0 radical (unpaired) electrons. The third kappa shape index (κ3) is 0.909. The average Bonchev–Trinajstić information content (AvgIpc) is 2.35. The van der Waals surface area contributed by atoms with Gasteiger partial charge in [-0.05, 0) is 22.9 Å². The van der Waals surface area contributed by atoms with E-state index in [0.29, 0.717) is 6.04 Å². The van der Waals surface area contributed by atoms with Crippen LogP contribution in [0.25, 0.3) is 0 Å². The largest absolute Gasteiger partial charge is 0.304 e. The molecule has 1 aliphatic rings. The summed E-state index contributed by atoms with van der Waals surface area (Å²) in [6.45, 7) is 3.09. The zero-order valence-electron chi connectivity index (χ0n) is 5.52. The first-order valence-electron chi connectivity index (χ1n) is 3.16. The van der Waals surface area contributed by atoms with Crippen molar-refractivity contribution in [1.29, 1.82) is 0 Å². The van der Waals surface area contributed by atoms with Gasteiger partial charge in [0.1, 0.15) is 0 Å². The number of hydrogen-bond acceptors (Lipinski definition) is 3. The van der Waals surface area contributed by atoms with Crippen molar-refractivity contribution in [3.05, 3.63) is 14.5 Å². The van der Waals surface area contributed by atoms with E-state index < -0.39 is 0 Å². The van der Waals surface area contributed by atoms with Crippen LogP contribution >= 0.6 is 27.3 Å². The molecule has 2 rings (SSSR count). The average molecular weight is 219 g/mol. The summed E-state index contributed by atoms with van der Waals surface area (Å²) in [5.41, 5.74) is 1.21. The van der Waals surface area contributed by atoms with Gasteiger partial charge in [0.05, 0.1) is 5.69 Å². The van der Waals surface area contributed by atoms with Crippen molar-refractivity contribution in [3.8, 4) is 0 Å². The van der Waals surface area contributed by atoms with Crippen LogP contribution in [0.15, 0.2) is 3.92 Å².